The first-order valence-corrected chi connectivity index (χ1v) is 7.01. The van der Waals surface area contributed by atoms with Gasteiger partial charge in [0.15, 0.2) is 0 Å². The van der Waals surface area contributed by atoms with E-state index in [4.69, 9.17) is 10.5 Å². The Balaban J connectivity index is 2.69. The average Bonchev–Trinajstić information content (AvgIpc) is 2.37. The van der Waals surface area contributed by atoms with Crippen molar-refractivity contribution in [2.45, 2.75) is 39.8 Å². The Morgan fingerprint density at radius 3 is 2.42 bits per heavy atom. The molecule has 0 aliphatic heterocycles. The fraction of sp³-hybridized carbons (Fsp3) is 0.625. The zero-order valence-corrected chi connectivity index (χ0v) is 12.9. The van der Waals surface area contributed by atoms with E-state index in [1.807, 2.05) is 0 Å². The summed E-state index contributed by atoms with van der Waals surface area (Å²) in [5.74, 6) is 0. The van der Waals surface area contributed by atoms with Gasteiger partial charge >= 0.3 is 0 Å². The van der Waals surface area contributed by atoms with E-state index in [-0.39, 0.29) is 6.04 Å². The third kappa shape index (κ3) is 4.94. The zero-order chi connectivity index (χ0) is 14.4. The van der Waals surface area contributed by atoms with E-state index in [0.29, 0.717) is 6.04 Å². The van der Waals surface area contributed by atoms with E-state index in [2.05, 4.69) is 50.8 Å². The molecule has 0 bridgehead atoms. The summed E-state index contributed by atoms with van der Waals surface area (Å²) in [6.45, 7) is 11.2. The van der Waals surface area contributed by atoms with Crippen LogP contribution >= 0.6 is 0 Å². The van der Waals surface area contributed by atoms with Gasteiger partial charge in [0.25, 0.3) is 0 Å². The number of nitrogens with two attached hydrogens (primary N) is 1. The SMILES string of the molecule is COCCN(CC(N)c1ccc(C)c(C)c1)C(C)C. The molecule has 0 saturated carbocycles. The van der Waals surface area contributed by atoms with Gasteiger partial charge in [-0.1, -0.05) is 18.2 Å². The first-order valence-electron chi connectivity index (χ1n) is 7.01. The van der Waals surface area contributed by atoms with E-state index in [9.17, 15) is 0 Å². The number of hydrogen-bond acceptors (Lipinski definition) is 3. The molecule has 0 spiro atoms. The summed E-state index contributed by atoms with van der Waals surface area (Å²) in [5, 5.41) is 0. The van der Waals surface area contributed by atoms with Gasteiger partial charge in [0.2, 0.25) is 0 Å². The number of nitrogens with zero attached hydrogens (tertiary/aromatic N) is 1. The summed E-state index contributed by atoms with van der Waals surface area (Å²) in [6.07, 6.45) is 0. The van der Waals surface area contributed by atoms with Crippen molar-refractivity contribution in [3.05, 3.63) is 34.9 Å². The first kappa shape index (κ1) is 16.2. The zero-order valence-electron chi connectivity index (χ0n) is 12.9. The standard InChI is InChI=1S/C16H28N2O/c1-12(2)18(8-9-19-5)11-16(17)15-7-6-13(3)14(4)10-15/h6-7,10,12,16H,8-9,11,17H2,1-5H3. The molecule has 0 fully saturated rings. The molecule has 0 heterocycles. The molecule has 3 nitrogen and oxygen atoms in total. The molecule has 0 saturated heterocycles. The molecule has 0 amide bonds. The molecule has 19 heavy (non-hydrogen) atoms. The Morgan fingerprint density at radius 2 is 1.89 bits per heavy atom. The summed E-state index contributed by atoms with van der Waals surface area (Å²) in [5.41, 5.74) is 10.2. The number of rotatable bonds is 7. The smallest absolute Gasteiger partial charge is 0.0589 e. The van der Waals surface area contributed by atoms with Gasteiger partial charge in [-0.25, -0.2) is 0 Å². The lowest BCUT2D eigenvalue weighted by Crippen LogP contribution is -2.39. The van der Waals surface area contributed by atoms with Gasteiger partial charge in [-0.15, -0.1) is 0 Å². The predicted octanol–water partition coefficient (Wildman–Crippen LogP) is 2.66. The van der Waals surface area contributed by atoms with Gasteiger partial charge in [-0.2, -0.15) is 0 Å². The van der Waals surface area contributed by atoms with Crippen LogP contribution < -0.4 is 5.73 Å². The molecule has 0 aliphatic carbocycles. The Bertz CT molecular complexity index is 390. The number of aryl methyl sites for hydroxylation is 2. The summed E-state index contributed by atoms with van der Waals surface area (Å²) in [6, 6.07) is 7.03. The second-order valence-electron chi connectivity index (χ2n) is 5.53. The number of benzene rings is 1. The molecular formula is C16H28N2O. The van der Waals surface area contributed by atoms with Crippen LogP contribution in [0.2, 0.25) is 0 Å². The van der Waals surface area contributed by atoms with Crippen molar-refractivity contribution in [3.8, 4) is 0 Å². The molecule has 3 heteroatoms. The molecule has 1 aromatic carbocycles. The topological polar surface area (TPSA) is 38.5 Å². The summed E-state index contributed by atoms with van der Waals surface area (Å²) >= 11 is 0. The second-order valence-corrected chi connectivity index (χ2v) is 5.53. The number of ether oxygens (including phenoxy) is 1. The summed E-state index contributed by atoms with van der Waals surface area (Å²) in [7, 11) is 1.74. The van der Waals surface area contributed by atoms with Crippen LogP contribution in [-0.2, 0) is 4.74 Å². The molecule has 0 aromatic heterocycles. The largest absolute Gasteiger partial charge is 0.383 e. The quantitative estimate of drug-likeness (QED) is 0.823. The molecular weight excluding hydrogens is 236 g/mol. The summed E-state index contributed by atoms with van der Waals surface area (Å²) in [4.78, 5) is 2.36. The van der Waals surface area contributed by atoms with E-state index in [1.165, 1.54) is 16.7 Å². The van der Waals surface area contributed by atoms with Gasteiger partial charge in [0, 0.05) is 32.3 Å². The van der Waals surface area contributed by atoms with Crippen LogP contribution in [0.5, 0.6) is 0 Å². The summed E-state index contributed by atoms with van der Waals surface area (Å²) < 4.78 is 5.16. The van der Waals surface area contributed by atoms with E-state index in [1.54, 1.807) is 7.11 Å². The van der Waals surface area contributed by atoms with Crippen molar-refractivity contribution < 1.29 is 4.74 Å². The van der Waals surface area contributed by atoms with Crippen molar-refractivity contribution in [1.82, 2.24) is 4.90 Å². The highest BCUT2D eigenvalue weighted by atomic mass is 16.5. The van der Waals surface area contributed by atoms with Crippen molar-refractivity contribution in [2.24, 2.45) is 5.73 Å². The first-order chi connectivity index (χ1) is 8.95. The van der Waals surface area contributed by atoms with Gasteiger partial charge in [0.05, 0.1) is 6.61 Å². The molecule has 2 N–H and O–H groups in total. The minimum atomic E-state index is 0.0542. The third-order valence-electron chi connectivity index (χ3n) is 3.70. The van der Waals surface area contributed by atoms with Crippen LogP contribution in [0.15, 0.2) is 18.2 Å². The van der Waals surface area contributed by atoms with Crippen molar-refractivity contribution in [1.29, 1.82) is 0 Å². The highest BCUT2D eigenvalue weighted by Gasteiger charge is 2.15. The third-order valence-corrected chi connectivity index (χ3v) is 3.70. The van der Waals surface area contributed by atoms with Gasteiger partial charge in [-0.3, -0.25) is 4.90 Å². The Hall–Kier alpha value is -0.900. The fourth-order valence-electron chi connectivity index (χ4n) is 2.12. The van der Waals surface area contributed by atoms with Crippen LogP contribution in [0.1, 0.15) is 36.6 Å². The van der Waals surface area contributed by atoms with Crippen LogP contribution in [0, 0.1) is 13.8 Å². The van der Waals surface area contributed by atoms with Crippen molar-refractivity contribution in [3.63, 3.8) is 0 Å². The molecule has 1 unspecified atom stereocenters. The Kier molecular flexibility index (Phi) is 6.49. The van der Waals surface area contributed by atoms with Crippen LogP contribution in [-0.4, -0.2) is 37.7 Å². The maximum Gasteiger partial charge on any atom is 0.0589 e. The van der Waals surface area contributed by atoms with Crippen molar-refractivity contribution >= 4 is 0 Å². The molecule has 1 atom stereocenters. The molecule has 1 rings (SSSR count). The van der Waals surface area contributed by atoms with E-state index >= 15 is 0 Å². The lowest BCUT2D eigenvalue weighted by atomic mass is 10.0. The second kappa shape index (κ2) is 7.63. The monoisotopic (exact) mass is 264 g/mol. The minimum Gasteiger partial charge on any atom is -0.383 e. The van der Waals surface area contributed by atoms with E-state index in [0.717, 1.165) is 19.7 Å². The maximum absolute atomic E-state index is 6.34. The molecule has 108 valence electrons. The normalized spacial score (nSPS) is 13.3. The van der Waals surface area contributed by atoms with Crippen LogP contribution in [0.3, 0.4) is 0 Å². The highest BCUT2D eigenvalue weighted by Crippen LogP contribution is 2.17. The highest BCUT2D eigenvalue weighted by molar-refractivity contribution is 5.31. The Labute approximate surface area is 117 Å². The van der Waals surface area contributed by atoms with Gasteiger partial charge < -0.3 is 10.5 Å². The average molecular weight is 264 g/mol. The lowest BCUT2D eigenvalue weighted by Gasteiger charge is -2.29. The lowest BCUT2D eigenvalue weighted by molar-refractivity contribution is 0.125. The van der Waals surface area contributed by atoms with Crippen LogP contribution in [0.4, 0.5) is 0 Å². The molecule has 0 radical (unpaired) electrons. The van der Waals surface area contributed by atoms with Gasteiger partial charge in [0.1, 0.15) is 0 Å². The number of methoxy groups -OCH3 is 1. The Morgan fingerprint density at radius 1 is 1.21 bits per heavy atom. The predicted molar refractivity (Wildman–Crippen MR) is 81.4 cm³/mol. The molecule has 0 aliphatic rings. The number of hydrogen-bond donors (Lipinski definition) is 1. The van der Waals surface area contributed by atoms with Crippen LogP contribution in [0.25, 0.3) is 0 Å². The van der Waals surface area contributed by atoms with Gasteiger partial charge in [-0.05, 0) is 44.4 Å². The van der Waals surface area contributed by atoms with Crippen molar-refractivity contribution in [2.75, 3.05) is 26.8 Å². The maximum atomic E-state index is 6.34. The fourth-order valence-corrected chi connectivity index (χ4v) is 2.12. The van der Waals surface area contributed by atoms with E-state index < -0.39 is 0 Å². The molecule has 1 aromatic rings. The minimum absolute atomic E-state index is 0.0542.